The third-order valence-electron chi connectivity index (χ3n) is 2.81. The third kappa shape index (κ3) is 3.58. The van der Waals surface area contributed by atoms with E-state index in [1.54, 1.807) is 0 Å². The minimum atomic E-state index is 0.481. The molecule has 1 rings (SSSR count). The highest BCUT2D eigenvalue weighted by molar-refractivity contribution is 5.57. The standard InChI is InChI=1S/C14H20N2/c1-3-5-9-13(4-2)16-14-10-7-6-8-12(14)11-15/h6-8,10,13,16H,3-5,9H2,1-2H3. The Balaban J connectivity index is 2.66. The van der Waals surface area contributed by atoms with Crippen molar-refractivity contribution < 1.29 is 0 Å². The summed E-state index contributed by atoms with van der Waals surface area (Å²) in [4.78, 5) is 0. The highest BCUT2D eigenvalue weighted by Gasteiger charge is 2.07. The van der Waals surface area contributed by atoms with E-state index in [0.29, 0.717) is 6.04 Å². The van der Waals surface area contributed by atoms with Crippen molar-refractivity contribution in [1.82, 2.24) is 0 Å². The van der Waals surface area contributed by atoms with Gasteiger partial charge in [0.05, 0.1) is 11.3 Å². The van der Waals surface area contributed by atoms with Crippen LogP contribution in [0.5, 0.6) is 0 Å². The fourth-order valence-electron chi connectivity index (χ4n) is 1.76. The minimum absolute atomic E-state index is 0.481. The number of benzene rings is 1. The van der Waals surface area contributed by atoms with E-state index in [1.807, 2.05) is 24.3 Å². The van der Waals surface area contributed by atoms with Crippen LogP contribution < -0.4 is 5.32 Å². The lowest BCUT2D eigenvalue weighted by Gasteiger charge is -2.18. The SMILES string of the molecule is CCCCC(CC)Nc1ccccc1C#N. The second-order valence-corrected chi connectivity index (χ2v) is 4.05. The van der Waals surface area contributed by atoms with Crippen LogP contribution in [0.4, 0.5) is 5.69 Å². The predicted molar refractivity (Wildman–Crippen MR) is 68.4 cm³/mol. The van der Waals surface area contributed by atoms with Gasteiger partial charge in [-0.05, 0) is 25.0 Å². The van der Waals surface area contributed by atoms with Crippen LogP contribution in [0, 0.1) is 11.3 Å². The number of hydrogen-bond donors (Lipinski definition) is 1. The van der Waals surface area contributed by atoms with Gasteiger partial charge in [-0.1, -0.05) is 38.8 Å². The van der Waals surface area contributed by atoms with Gasteiger partial charge in [0.15, 0.2) is 0 Å². The van der Waals surface area contributed by atoms with Gasteiger partial charge >= 0.3 is 0 Å². The molecule has 1 atom stereocenters. The molecular weight excluding hydrogens is 196 g/mol. The fourth-order valence-corrected chi connectivity index (χ4v) is 1.76. The van der Waals surface area contributed by atoms with Crippen molar-refractivity contribution in [3.05, 3.63) is 29.8 Å². The van der Waals surface area contributed by atoms with E-state index < -0.39 is 0 Å². The van der Waals surface area contributed by atoms with E-state index in [4.69, 9.17) is 5.26 Å². The molecule has 0 saturated heterocycles. The molecule has 1 unspecified atom stereocenters. The van der Waals surface area contributed by atoms with Gasteiger partial charge in [-0.3, -0.25) is 0 Å². The maximum absolute atomic E-state index is 8.99. The zero-order valence-electron chi connectivity index (χ0n) is 10.2. The molecule has 0 spiro atoms. The molecule has 0 bridgehead atoms. The molecule has 0 heterocycles. The van der Waals surface area contributed by atoms with Crippen LogP contribution in [-0.2, 0) is 0 Å². The van der Waals surface area contributed by atoms with Crippen molar-refractivity contribution in [3.8, 4) is 6.07 Å². The van der Waals surface area contributed by atoms with Crippen molar-refractivity contribution >= 4 is 5.69 Å². The summed E-state index contributed by atoms with van der Waals surface area (Å²) in [5.41, 5.74) is 1.70. The lowest BCUT2D eigenvalue weighted by atomic mass is 10.1. The van der Waals surface area contributed by atoms with Crippen molar-refractivity contribution in [2.45, 2.75) is 45.6 Å². The molecule has 0 aliphatic rings. The van der Waals surface area contributed by atoms with Gasteiger partial charge in [-0.15, -0.1) is 0 Å². The van der Waals surface area contributed by atoms with Gasteiger partial charge in [0.1, 0.15) is 6.07 Å². The number of nitrogens with zero attached hydrogens (tertiary/aromatic N) is 1. The molecule has 1 N–H and O–H groups in total. The average Bonchev–Trinajstić information content (AvgIpc) is 2.34. The van der Waals surface area contributed by atoms with E-state index in [9.17, 15) is 0 Å². The summed E-state index contributed by atoms with van der Waals surface area (Å²) in [6.07, 6.45) is 4.73. The largest absolute Gasteiger partial charge is 0.381 e. The first-order chi connectivity index (χ1) is 7.81. The Morgan fingerprint density at radius 2 is 2.06 bits per heavy atom. The van der Waals surface area contributed by atoms with Crippen LogP contribution in [0.2, 0.25) is 0 Å². The van der Waals surface area contributed by atoms with Crippen LogP contribution in [-0.4, -0.2) is 6.04 Å². The summed E-state index contributed by atoms with van der Waals surface area (Å²) in [6.45, 7) is 4.39. The Kier molecular flexibility index (Phi) is 5.42. The first-order valence-electron chi connectivity index (χ1n) is 6.07. The third-order valence-corrected chi connectivity index (χ3v) is 2.81. The highest BCUT2D eigenvalue weighted by atomic mass is 14.9. The van der Waals surface area contributed by atoms with Gasteiger partial charge in [-0.2, -0.15) is 5.26 Å². The van der Waals surface area contributed by atoms with Crippen molar-refractivity contribution in [3.63, 3.8) is 0 Å². The zero-order valence-corrected chi connectivity index (χ0v) is 10.2. The van der Waals surface area contributed by atoms with E-state index in [0.717, 1.165) is 17.7 Å². The summed E-state index contributed by atoms with van der Waals surface area (Å²) >= 11 is 0. The van der Waals surface area contributed by atoms with E-state index >= 15 is 0 Å². The molecule has 0 aromatic heterocycles. The Morgan fingerprint density at radius 3 is 2.69 bits per heavy atom. The lowest BCUT2D eigenvalue weighted by Crippen LogP contribution is -2.18. The van der Waals surface area contributed by atoms with Crippen LogP contribution in [0.15, 0.2) is 24.3 Å². The number of nitriles is 1. The first kappa shape index (κ1) is 12.6. The molecule has 0 fully saturated rings. The molecule has 0 saturated carbocycles. The average molecular weight is 216 g/mol. The summed E-state index contributed by atoms with van der Waals surface area (Å²) in [6, 6.07) is 10.4. The Labute approximate surface area is 98.3 Å². The van der Waals surface area contributed by atoms with E-state index in [2.05, 4.69) is 25.2 Å². The molecule has 0 amide bonds. The summed E-state index contributed by atoms with van der Waals surface area (Å²) in [5.74, 6) is 0. The molecule has 86 valence electrons. The van der Waals surface area contributed by atoms with Crippen LogP contribution in [0.1, 0.15) is 45.1 Å². The van der Waals surface area contributed by atoms with E-state index in [-0.39, 0.29) is 0 Å². The number of rotatable bonds is 6. The number of para-hydroxylation sites is 1. The molecule has 1 aromatic carbocycles. The number of anilines is 1. The lowest BCUT2D eigenvalue weighted by molar-refractivity contribution is 0.593. The van der Waals surface area contributed by atoms with Crippen LogP contribution in [0.25, 0.3) is 0 Å². The minimum Gasteiger partial charge on any atom is -0.381 e. The van der Waals surface area contributed by atoms with Gasteiger partial charge < -0.3 is 5.32 Å². The molecule has 0 radical (unpaired) electrons. The predicted octanol–water partition coefficient (Wildman–Crippen LogP) is 3.94. The van der Waals surface area contributed by atoms with Crippen LogP contribution >= 0.6 is 0 Å². The number of nitrogens with one attached hydrogen (secondary N) is 1. The number of hydrogen-bond acceptors (Lipinski definition) is 2. The monoisotopic (exact) mass is 216 g/mol. The molecule has 0 aliphatic carbocycles. The molecule has 16 heavy (non-hydrogen) atoms. The first-order valence-corrected chi connectivity index (χ1v) is 6.07. The van der Waals surface area contributed by atoms with Gasteiger partial charge in [0.2, 0.25) is 0 Å². The van der Waals surface area contributed by atoms with Gasteiger partial charge in [0.25, 0.3) is 0 Å². The van der Waals surface area contributed by atoms with Gasteiger partial charge in [0, 0.05) is 6.04 Å². The van der Waals surface area contributed by atoms with Crippen molar-refractivity contribution in [2.75, 3.05) is 5.32 Å². The maximum atomic E-state index is 8.99. The quantitative estimate of drug-likeness (QED) is 0.781. The van der Waals surface area contributed by atoms with Gasteiger partial charge in [-0.25, -0.2) is 0 Å². The van der Waals surface area contributed by atoms with Crippen molar-refractivity contribution in [2.24, 2.45) is 0 Å². The van der Waals surface area contributed by atoms with Crippen LogP contribution in [0.3, 0.4) is 0 Å². The molecule has 2 nitrogen and oxygen atoms in total. The second kappa shape index (κ2) is 6.90. The van der Waals surface area contributed by atoms with E-state index in [1.165, 1.54) is 19.3 Å². The second-order valence-electron chi connectivity index (χ2n) is 4.05. The highest BCUT2D eigenvalue weighted by Crippen LogP contribution is 2.17. The molecule has 2 heteroatoms. The van der Waals surface area contributed by atoms with Crippen molar-refractivity contribution in [1.29, 1.82) is 5.26 Å². The summed E-state index contributed by atoms with van der Waals surface area (Å²) in [5, 5.41) is 12.5. The topological polar surface area (TPSA) is 35.8 Å². The maximum Gasteiger partial charge on any atom is 0.101 e. The number of unbranched alkanes of at least 4 members (excludes halogenated alkanes) is 1. The zero-order chi connectivity index (χ0) is 11.8. The Bertz CT molecular complexity index is 352. The Hall–Kier alpha value is -1.49. The normalized spacial score (nSPS) is 11.8. The smallest absolute Gasteiger partial charge is 0.101 e. The Morgan fingerprint density at radius 1 is 1.31 bits per heavy atom. The molecule has 0 aliphatic heterocycles. The summed E-state index contributed by atoms with van der Waals surface area (Å²) in [7, 11) is 0. The molecular formula is C14H20N2. The summed E-state index contributed by atoms with van der Waals surface area (Å²) < 4.78 is 0. The fraction of sp³-hybridized carbons (Fsp3) is 0.500. The molecule has 1 aromatic rings.